The molecule has 0 radical (unpaired) electrons. The standard InChI is InChI=1S/C33H52N6O5/c1-11-24(12-2)18-25(20(3)4)19-26(35-9)15-16-28(44-10)22(7)31(41)37-29(21(5)6)32(42)36-23(8)33(43)39-17-13-14-27(38-39)30(34)40/h11,15-16,18-19,21-23,27-29,38H,1,3,12-14,17H2,2,4-10H3,(H2,34,40)(H,36,42)(H,37,41)/b16-15+,24-18+,25-19-,35-26?. The first-order valence-electron chi connectivity index (χ1n) is 15.1. The molecule has 5 atom stereocenters. The lowest BCUT2D eigenvalue weighted by molar-refractivity contribution is -0.143. The molecule has 0 aromatic rings. The Labute approximate surface area is 262 Å². The third kappa shape index (κ3) is 11.7. The molecule has 4 amide bonds. The van der Waals surface area contributed by atoms with Gasteiger partial charge in [-0.1, -0.05) is 64.7 Å². The average Bonchev–Trinajstić information content (AvgIpc) is 2.99. The fourth-order valence-electron chi connectivity index (χ4n) is 4.50. The Hall–Kier alpha value is -3.83. The summed E-state index contributed by atoms with van der Waals surface area (Å²) < 4.78 is 5.61. The normalized spacial score (nSPS) is 19.2. The fraction of sp³-hybridized carbons (Fsp3) is 0.545. The zero-order valence-corrected chi connectivity index (χ0v) is 27.6. The van der Waals surface area contributed by atoms with Crippen LogP contribution in [0.5, 0.6) is 0 Å². The van der Waals surface area contributed by atoms with Crippen LogP contribution in [-0.2, 0) is 23.9 Å². The van der Waals surface area contributed by atoms with E-state index in [1.165, 1.54) is 12.1 Å². The zero-order valence-electron chi connectivity index (χ0n) is 27.6. The molecule has 1 heterocycles. The number of nitrogens with one attached hydrogen (secondary N) is 3. The third-order valence-corrected chi connectivity index (χ3v) is 7.47. The summed E-state index contributed by atoms with van der Waals surface area (Å²) in [7, 11) is 3.19. The molecule has 11 heteroatoms. The second kappa shape index (κ2) is 18.7. The summed E-state index contributed by atoms with van der Waals surface area (Å²) in [4.78, 5) is 55.4. The van der Waals surface area contributed by atoms with Crippen LogP contribution in [0.25, 0.3) is 0 Å². The molecule has 5 N–H and O–H groups in total. The zero-order chi connectivity index (χ0) is 33.6. The van der Waals surface area contributed by atoms with Crippen LogP contribution in [0.4, 0.5) is 0 Å². The molecule has 0 bridgehead atoms. The van der Waals surface area contributed by atoms with Gasteiger partial charge in [-0.15, -0.1) is 0 Å². The fourth-order valence-corrected chi connectivity index (χ4v) is 4.50. The minimum atomic E-state index is -0.898. The molecule has 1 aliphatic rings. The van der Waals surface area contributed by atoms with E-state index in [4.69, 9.17) is 10.5 Å². The molecule has 44 heavy (non-hydrogen) atoms. The molecule has 1 rings (SSSR count). The number of allylic oxidation sites excluding steroid dienone is 7. The maximum absolute atomic E-state index is 13.3. The molecule has 0 spiro atoms. The van der Waals surface area contributed by atoms with Gasteiger partial charge >= 0.3 is 0 Å². The molecule has 0 aromatic carbocycles. The number of hydrogen-bond donors (Lipinski definition) is 4. The van der Waals surface area contributed by atoms with Gasteiger partial charge in [0.15, 0.2) is 0 Å². The number of carbonyl (C=O) groups excluding carboxylic acids is 4. The quantitative estimate of drug-likeness (QED) is 0.155. The van der Waals surface area contributed by atoms with Gasteiger partial charge in [0.1, 0.15) is 18.1 Å². The minimum Gasteiger partial charge on any atom is -0.377 e. The van der Waals surface area contributed by atoms with Crippen LogP contribution < -0.4 is 21.8 Å². The lowest BCUT2D eigenvalue weighted by atomic mass is 9.98. The van der Waals surface area contributed by atoms with Crippen molar-refractivity contribution >= 4 is 29.3 Å². The molecule has 1 saturated heterocycles. The number of primary amides is 1. The molecular weight excluding hydrogens is 560 g/mol. The monoisotopic (exact) mass is 612 g/mol. The van der Waals surface area contributed by atoms with E-state index < -0.39 is 47.9 Å². The number of amides is 4. The number of hydrogen-bond acceptors (Lipinski definition) is 7. The Kier molecular flexibility index (Phi) is 16.3. The van der Waals surface area contributed by atoms with Crippen LogP contribution >= 0.6 is 0 Å². The molecule has 0 saturated carbocycles. The van der Waals surface area contributed by atoms with Gasteiger partial charge in [0, 0.05) is 20.7 Å². The highest BCUT2D eigenvalue weighted by Crippen LogP contribution is 2.16. The maximum atomic E-state index is 13.3. The van der Waals surface area contributed by atoms with Crippen LogP contribution in [0.3, 0.4) is 0 Å². The SMILES string of the molecule is C=C/C(=C\C(=C\C(/C=C/C(OC)C(C)C(=O)NC(C(=O)NC(C)C(=O)N1CCCC(C(N)=O)N1)C(C)C)=NC)C(=C)C)CC. The van der Waals surface area contributed by atoms with Gasteiger partial charge in [0.2, 0.25) is 17.7 Å². The van der Waals surface area contributed by atoms with Crippen molar-refractivity contribution in [2.24, 2.45) is 22.6 Å². The Morgan fingerprint density at radius 2 is 1.80 bits per heavy atom. The number of rotatable bonds is 16. The summed E-state index contributed by atoms with van der Waals surface area (Å²) >= 11 is 0. The summed E-state index contributed by atoms with van der Waals surface area (Å²) in [6, 6.07) is -2.44. The topological polar surface area (TPSA) is 155 Å². The summed E-state index contributed by atoms with van der Waals surface area (Å²) in [6.07, 6.45) is 10.6. The van der Waals surface area contributed by atoms with Gasteiger partial charge in [0.05, 0.1) is 17.7 Å². The van der Waals surface area contributed by atoms with Gasteiger partial charge in [-0.05, 0) is 62.3 Å². The lowest BCUT2D eigenvalue weighted by Gasteiger charge is -2.34. The predicted molar refractivity (Wildman–Crippen MR) is 175 cm³/mol. The summed E-state index contributed by atoms with van der Waals surface area (Å²) in [6.45, 7) is 19.2. The smallest absolute Gasteiger partial charge is 0.258 e. The van der Waals surface area contributed by atoms with Gasteiger partial charge in [-0.2, -0.15) is 0 Å². The van der Waals surface area contributed by atoms with Gasteiger partial charge < -0.3 is 21.1 Å². The van der Waals surface area contributed by atoms with Crippen LogP contribution in [0.2, 0.25) is 0 Å². The summed E-state index contributed by atoms with van der Waals surface area (Å²) in [5.41, 5.74) is 11.7. The number of nitrogens with zero attached hydrogens (tertiary/aromatic N) is 2. The molecule has 1 aliphatic heterocycles. The molecular formula is C33H52N6O5. The van der Waals surface area contributed by atoms with Crippen LogP contribution in [0.15, 0.2) is 65.2 Å². The Bertz CT molecular complexity index is 1190. The first kappa shape index (κ1) is 38.2. The Balaban J connectivity index is 2.99. The number of carbonyl (C=O) groups is 4. The van der Waals surface area contributed by atoms with E-state index >= 15 is 0 Å². The Morgan fingerprint density at radius 1 is 1.14 bits per heavy atom. The van der Waals surface area contributed by atoms with Crippen molar-refractivity contribution < 1.29 is 23.9 Å². The van der Waals surface area contributed by atoms with Crippen LogP contribution in [-0.4, -0.2) is 79.3 Å². The number of ether oxygens (including phenoxy) is 1. The second-order valence-corrected chi connectivity index (χ2v) is 11.3. The van der Waals surface area contributed by atoms with E-state index in [1.807, 2.05) is 25.2 Å². The van der Waals surface area contributed by atoms with Crippen LogP contribution in [0, 0.1) is 11.8 Å². The first-order valence-corrected chi connectivity index (χ1v) is 15.1. The Morgan fingerprint density at radius 3 is 2.30 bits per heavy atom. The van der Waals surface area contributed by atoms with Gasteiger partial charge in [0.25, 0.3) is 5.91 Å². The number of aliphatic imine (C=N–C) groups is 1. The highest BCUT2D eigenvalue weighted by atomic mass is 16.5. The summed E-state index contributed by atoms with van der Waals surface area (Å²) in [5, 5.41) is 6.83. The first-order chi connectivity index (χ1) is 20.7. The van der Waals surface area contributed by atoms with Crippen LogP contribution in [0.1, 0.15) is 60.8 Å². The summed E-state index contributed by atoms with van der Waals surface area (Å²) in [5.74, 6) is -2.74. The van der Waals surface area contributed by atoms with E-state index in [1.54, 1.807) is 46.9 Å². The maximum Gasteiger partial charge on any atom is 0.258 e. The van der Waals surface area contributed by atoms with Crippen molar-refractivity contribution in [3.05, 3.63) is 60.3 Å². The molecule has 5 unspecified atom stereocenters. The molecule has 0 aromatic heterocycles. The van der Waals surface area contributed by atoms with Crippen molar-refractivity contribution in [3.8, 4) is 0 Å². The van der Waals surface area contributed by atoms with E-state index in [9.17, 15) is 19.2 Å². The second-order valence-electron chi connectivity index (χ2n) is 11.3. The van der Waals surface area contributed by atoms with E-state index in [-0.39, 0.29) is 11.8 Å². The number of nitrogens with two attached hydrogens (primary N) is 1. The van der Waals surface area contributed by atoms with Crippen molar-refractivity contribution in [2.45, 2.75) is 85.0 Å². The molecule has 11 nitrogen and oxygen atoms in total. The van der Waals surface area contributed by atoms with Crippen molar-refractivity contribution in [1.29, 1.82) is 0 Å². The highest BCUT2D eigenvalue weighted by molar-refractivity contribution is 6.05. The minimum absolute atomic E-state index is 0.265. The van der Waals surface area contributed by atoms with E-state index in [2.05, 4.69) is 41.1 Å². The highest BCUT2D eigenvalue weighted by Gasteiger charge is 2.33. The number of methoxy groups -OCH3 is 1. The molecule has 1 fully saturated rings. The van der Waals surface area contributed by atoms with Crippen molar-refractivity contribution in [1.82, 2.24) is 21.1 Å². The van der Waals surface area contributed by atoms with Gasteiger partial charge in [-0.3, -0.25) is 29.2 Å². The average molecular weight is 613 g/mol. The van der Waals surface area contributed by atoms with Gasteiger partial charge in [-0.25, -0.2) is 5.43 Å². The van der Waals surface area contributed by atoms with E-state index in [0.717, 1.165) is 23.1 Å². The number of hydrazine groups is 1. The lowest BCUT2D eigenvalue weighted by Crippen LogP contribution is -2.61. The predicted octanol–water partition coefficient (Wildman–Crippen LogP) is 2.92. The molecule has 0 aliphatic carbocycles. The third-order valence-electron chi connectivity index (χ3n) is 7.47. The largest absolute Gasteiger partial charge is 0.377 e. The molecule has 244 valence electrons. The van der Waals surface area contributed by atoms with E-state index in [0.29, 0.717) is 25.1 Å². The van der Waals surface area contributed by atoms with Crippen molar-refractivity contribution in [3.63, 3.8) is 0 Å². The van der Waals surface area contributed by atoms with Crippen molar-refractivity contribution in [2.75, 3.05) is 20.7 Å².